The molecule has 6 heteroatoms. The fraction of sp³-hybridized carbons (Fsp3) is 0.500. The Kier molecular flexibility index (Phi) is 5.08. The van der Waals surface area contributed by atoms with Gasteiger partial charge in [0.25, 0.3) is 0 Å². The molecule has 24 heavy (non-hydrogen) atoms. The molecular formula is C18H24N2O3S. The Hall–Kier alpha value is -1.63. The van der Waals surface area contributed by atoms with Gasteiger partial charge in [-0.3, -0.25) is 4.90 Å². The lowest BCUT2D eigenvalue weighted by Gasteiger charge is -2.33. The molecule has 1 aliphatic heterocycles. The van der Waals surface area contributed by atoms with Crippen LogP contribution in [-0.2, 0) is 13.1 Å². The number of hydrogen-bond donors (Lipinski definition) is 1. The van der Waals surface area contributed by atoms with E-state index in [4.69, 9.17) is 9.47 Å². The molecule has 1 aromatic heterocycles. The molecule has 0 radical (unpaired) electrons. The van der Waals surface area contributed by atoms with Gasteiger partial charge >= 0.3 is 0 Å². The monoisotopic (exact) mass is 348 g/mol. The maximum atomic E-state index is 10.6. The summed E-state index contributed by atoms with van der Waals surface area (Å²) in [4.78, 5) is 7.94. The second-order valence-electron chi connectivity index (χ2n) is 6.37. The molecule has 1 atom stereocenters. The molecule has 1 N–H and O–H groups in total. The van der Waals surface area contributed by atoms with Crippen molar-refractivity contribution in [2.45, 2.75) is 39.0 Å². The van der Waals surface area contributed by atoms with Gasteiger partial charge in [-0.15, -0.1) is 11.3 Å². The van der Waals surface area contributed by atoms with Crippen molar-refractivity contribution in [2.75, 3.05) is 20.8 Å². The first-order valence-corrected chi connectivity index (χ1v) is 8.93. The number of benzene rings is 1. The molecule has 130 valence electrons. The standard InChI is InChI=1S/C18H24N2O3S/c1-11(2)18-19-7-12(24-18)8-20-9-13-15(22-3)5-6-16(23-4)17(13)14(21)10-20/h5-7,11,14,21H,8-10H2,1-4H3. The summed E-state index contributed by atoms with van der Waals surface area (Å²) in [6, 6.07) is 3.76. The first-order chi connectivity index (χ1) is 11.5. The largest absolute Gasteiger partial charge is 0.496 e. The van der Waals surface area contributed by atoms with E-state index in [-0.39, 0.29) is 0 Å². The second kappa shape index (κ2) is 7.09. The second-order valence-corrected chi connectivity index (χ2v) is 7.51. The number of ether oxygens (including phenoxy) is 2. The Morgan fingerprint density at radius 1 is 1.29 bits per heavy atom. The van der Waals surface area contributed by atoms with Gasteiger partial charge in [-0.1, -0.05) is 13.8 Å². The fourth-order valence-corrected chi connectivity index (χ4v) is 4.11. The minimum Gasteiger partial charge on any atom is -0.496 e. The van der Waals surface area contributed by atoms with Gasteiger partial charge in [-0.25, -0.2) is 4.98 Å². The number of aliphatic hydroxyl groups is 1. The third-order valence-electron chi connectivity index (χ3n) is 4.30. The van der Waals surface area contributed by atoms with Crippen LogP contribution in [0, 0.1) is 0 Å². The first-order valence-electron chi connectivity index (χ1n) is 8.12. The van der Waals surface area contributed by atoms with Crippen molar-refractivity contribution >= 4 is 11.3 Å². The lowest BCUT2D eigenvalue weighted by Crippen LogP contribution is -2.33. The molecule has 1 unspecified atom stereocenters. The van der Waals surface area contributed by atoms with E-state index in [0.29, 0.717) is 12.5 Å². The SMILES string of the molecule is COc1ccc(OC)c2c1CN(Cc1cnc(C(C)C)s1)CC2O. The maximum Gasteiger partial charge on any atom is 0.125 e. The molecule has 0 spiro atoms. The van der Waals surface area contributed by atoms with Gasteiger partial charge in [0.05, 0.1) is 25.3 Å². The van der Waals surface area contributed by atoms with E-state index in [1.807, 2.05) is 18.3 Å². The predicted octanol–water partition coefficient (Wildman–Crippen LogP) is 3.33. The van der Waals surface area contributed by atoms with Crippen molar-refractivity contribution in [3.63, 3.8) is 0 Å². The summed E-state index contributed by atoms with van der Waals surface area (Å²) in [5, 5.41) is 11.8. The molecule has 5 nitrogen and oxygen atoms in total. The number of methoxy groups -OCH3 is 2. The van der Waals surface area contributed by atoms with Crippen molar-refractivity contribution < 1.29 is 14.6 Å². The van der Waals surface area contributed by atoms with E-state index >= 15 is 0 Å². The Morgan fingerprint density at radius 2 is 2.00 bits per heavy atom. The van der Waals surface area contributed by atoms with Gasteiger partial charge in [0.1, 0.15) is 11.5 Å². The van der Waals surface area contributed by atoms with Gasteiger partial charge in [0.2, 0.25) is 0 Å². The number of aromatic nitrogens is 1. The summed E-state index contributed by atoms with van der Waals surface area (Å²) in [6.45, 7) is 6.38. The molecule has 2 heterocycles. The zero-order chi connectivity index (χ0) is 17.3. The van der Waals surface area contributed by atoms with Crippen LogP contribution in [-0.4, -0.2) is 35.8 Å². The summed E-state index contributed by atoms with van der Waals surface area (Å²) < 4.78 is 10.9. The van der Waals surface area contributed by atoms with Crippen molar-refractivity contribution in [1.82, 2.24) is 9.88 Å². The molecule has 0 amide bonds. The summed E-state index contributed by atoms with van der Waals surface area (Å²) >= 11 is 1.74. The van der Waals surface area contributed by atoms with Crippen molar-refractivity contribution in [2.24, 2.45) is 0 Å². The normalized spacial score (nSPS) is 17.8. The highest BCUT2D eigenvalue weighted by molar-refractivity contribution is 7.11. The van der Waals surface area contributed by atoms with E-state index in [0.717, 1.165) is 40.7 Å². The number of rotatable bonds is 5. The van der Waals surface area contributed by atoms with Crippen LogP contribution in [0.2, 0.25) is 0 Å². The van der Waals surface area contributed by atoms with Gasteiger partial charge in [0.15, 0.2) is 0 Å². The number of aliphatic hydroxyl groups excluding tert-OH is 1. The Bertz CT molecular complexity index is 714. The molecule has 3 rings (SSSR count). The molecular weight excluding hydrogens is 324 g/mol. The van der Waals surface area contributed by atoms with Gasteiger partial charge in [-0.2, -0.15) is 0 Å². The summed E-state index contributed by atoms with van der Waals surface area (Å²) in [6.07, 6.45) is 1.36. The smallest absolute Gasteiger partial charge is 0.125 e. The number of fused-ring (bicyclic) bond motifs is 1. The average Bonchev–Trinajstić information content (AvgIpc) is 3.02. The van der Waals surface area contributed by atoms with Crippen LogP contribution in [0.4, 0.5) is 0 Å². The van der Waals surface area contributed by atoms with Crippen LogP contribution in [0.5, 0.6) is 11.5 Å². The summed E-state index contributed by atoms with van der Waals surface area (Å²) in [5.41, 5.74) is 1.85. The lowest BCUT2D eigenvalue weighted by molar-refractivity contribution is 0.0848. The Balaban J connectivity index is 1.85. The highest BCUT2D eigenvalue weighted by Gasteiger charge is 2.29. The Labute approximate surface area is 146 Å². The third-order valence-corrected chi connectivity index (χ3v) is 5.59. The van der Waals surface area contributed by atoms with Crippen molar-refractivity contribution in [3.05, 3.63) is 39.3 Å². The minimum atomic E-state index is -0.587. The van der Waals surface area contributed by atoms with E-state index in [1.54, 1.807) is 25.6 Å². The van der Waals surface area contributed by atoms with Crippen LogP contribution in [0.1, 0.15) is 46.9 Å². The lowest BCUT2D eigenvalue weighted by atomic mass is 9.95. The fourth-order valence-electron chi connectivity index (χ4n) is 3.15. The van der Waals surface area contributed by atoms with Crippen molar-refractivity contribution in [3.8, 4) is 11.5 Å². The average molecular weight is 348 g/mol. The van der Waals surface area contributed by atoms with Crippen LogP contribution < -0.4 is 9.47 Å². The topological polar surface area (TPSA) is 54.8 Å². The minimum absolute atomic E-state index is 0.445. The molecule has 0 saturated carbocycles. The van der Waals surface area contributed by atoms with Gasteiger partial charge < -0.3 is 14.6 Å². The van der Waals surface area contributed by atoms with Crippen LogP contribution >= 0.6 is 11.3 Å². The van der Waals surface area contributed by atoms with Crippen molar-refractivity contribution in [1.29, 1.82) is 0 Å². The van der Waals surface area contributed by atoms with Crippen LogP contribution in [0.15, 0.2) is 18.3 Å². The number of β-amino-alcohol motifs (C(OH)–C–C–N with tert-alkyl or cyclic N) is 1. The number of nitrogens with zero attached hydrogens (tertiary/aromatic N) is 2. The quantitative estimate of drug-likeness (QED) is 0.898. The molecule has 0 aliphatic carbocycles. The van der Waals surface area contributed by atoms with Crippen LogP contribution in [0.25, 0.3) is 0 Å². The molecule has 2 aromatic rings. The zero-order valence-corrected chi connectivity index (χ0v) is 15.4. The number of thiazole rings is 1. The first kappa shape index (κ1) is 17.2. The van der Waals surface area contributed by atoms with Gasteiger partial charge in [0, 0.05) is 47.8 Å². The summed E-state index contributed by atoms with van der Waals surface area (Å²) in [7, 11) is 3.29. The molecule has 0 bridgehead atoms. The van der Waals surface area contributed by atoms with E-state index < -0.39 is 6.10 Å². The highest BCUT2D eigenvalue weighted by atomic mass is 32.1. The maximum absolute atomic E-state index is 10.6. The third kappa shape index (κ3) is 3.27. The van der Waals surface area contributed by atoms with Gasteiger partial charge in [-0.05, 0) is 12.1 Å². The highest BCUT2D eigenvalue weighted by Crippen LogP contribution is 2.39. The molecule has 1 aliphatic rings. The van der Waals surface area contributed by atoms with E-state index in [2.05, 4.69) is 23.7 Å². The zero-order valence-electron chi connectivity index (χ0n) is 14.6. The predicted molar refractivity (Wildman–Crippen MR) is 94.8 cm³/mol. The summed E-state index contributed by atoms with van der Waals surface area (Å²) in [5.74, 6) is 1.96. The van der Waals surface area contributed by atoms with E-state index in [1.165, 1.54) is 4.88 Å². The van der Waals surface area contributed by atoms with E-state index in [9.17, 15) is 5.11 Å². The molecule has 0 fully saturated rings. The molecule has 0 saturated heterocycles. The Morgan fingerprint density at radius 3 is 2.62 bits per heavy atom. The van der Waals surface area contributed by atoms with Crippen LogP contribution in [0.3, 0.4) is 0 Å². The number of hydrogen-bond acceptors (Lipinski definition) is 6. The molecule has 1 aromatic carbocycles.